The molecule has 1 saturated carbocycles. The van der Waals surface area contributed by atoms with Gasteiger partial charge in [0, 0.05) is 17.7 Å². The van der Waals surface area contributed by atoms with Gasteiger partial charge in [-0.2, -0.15) is 0 Å². The summed E-state index contributed by atoms with van der Waals surface area (Å²) in [7, 11) is 0. The van der Waals surface area contributed by atoms with Crippen molar-refractivity contribution in [3.8, 4) is 0 Å². The lowest BCUT2D eigenvalue weighted by molar-refractivity contribution is -0.121. The van der Waals surface area contributed by atoms with Crippen LogP contribution in [-0.4, -0.2) is 22.5 Å². The van der Waals surface area contributed by atoms with Gasteiger partial charge in [0.1, 0.15) is 11.3 Å². The summed E-state index contributed by atoms with van der Waals surface area (Å²) in [4.78, 5) is 25.2. The number of anilines is 1. The Hall–Kier alpha value is -3.43. The Kier molecular flexibility index (Phi) is 6.57. The zero-order chi connectivity index (χ0) is 25.5. The van der Waals surface area contributed by atoms with E-state index in [1.807, 2.05) is 12.1 Å². The molecule has 1 aliphatic heterocycles. The fraction of sp³-hybridized carbons (Fsp3) is 0.360. The summed E-state index contributed by atoms with van der Waals surface area (Å²) in [6, 6.07) is 7.09. The summed E-state index contributed by atoms with van der Waals surface area (Å²) in [6.45, 7) is 1.11. The van der Waals surface area contributed by atoms with E-state index in [-0.39, 0.29) is 0 Å². The van der Waals surface area contributed by atoms with Crippen molar-refractivity contribution in [1.29, 1.82) is 0 Å². The molecule has 1 aliphatic carbocycles. The minimum absolute atomic E-state index is 0.357. The molecule has 5 nitrogen and oxygen atoms in total. The van der Waals surface area contributed by atoms with E-state index < -0.39 is 69.8 Å². The van der Waals surface area contributed by atoms with E-state index >= 15 is 0 Å². The van der Waals surface area contributed by atoms with E-state index in [1.54, 1.807) is 12.1 Å². The largest absolute Gasteiger partial charge is 0.509 e. The molecule has 2 aliphatic rings. The number of aliphatic hydroxyl groups is 1. The fourth-order valence-corrected chi connectivity index (χ4v) is 4.72. The van der Waals surface area contributed by atoms with Gasteiger partial charge in [0.25, 0.3) is 11.8 Å². The molecule has 0 saturated heterocycles. The van der Waals surface area contributed by atoms with E-state index in [4.69, 9.17) is 0 Å². The van der Waals surface area contributed by atoms with Gasteiger partial charge < -0.3 is 15.7 Å². The van der Waals surface area contributed by atoms with Crippen LogP contribution in [0.25, 0.3) is 0 Å². The summed E-state index contributed by atoms with van der Waals surface area (Å²) in [5, 5.41) is 15.3. The summed E-state index contributed by atoms with van der Waals surface area (Å²) >= 11 is 0. The minimum Gasteiger partial charge on any atom is -0.509 e. The van der Waals surface area contributed by atoms with Crippen molar-refractivity contribution >= 4 is 17.5 Å². The Morgan fingerprint density at radius 1 is 0.971 bits per heavy atom. The van der Waals surface area contributed by atoms with Crippen molar-refractivity contribution in [2.24, 2.45) is 0 Å². The first kappa shape index (κ1) is 24.7. The maximum atomic E-state index is 14.1. The smallest absolute Gasteiger partial charge is 0.264 e. The highest BCUT2D eigenvalue weighted by Crippen LogP contribution is 2.34. The number of benzene rings is 2. The number of carbonyl (C=O) groups excluding carboxylic acids is 2. The van der Waals surface area contributed by atoms with Crippen LogP contribution in [0.4, 0.5) is 27.6 Å². The fourth-order valence-electron chi connectivity index (χ4n) is 4.72. The zero-order valence-electron chi connectivity index (χ0n) is 18.8. The van der Waals surface area contributed by atoms with Crippen LogP contribution in [0, 0.1) is 29.1 Å². The molecule has 186 valence electrons. The van der Waals surface area contributed by atoms with Crippen molar-refractivity contribution < 1.29 is 36.6 Å². The van der Waals surface area contributed by atoms with Crippen molar-refractivity contribution in [2.75, 3.05) is 5.32 Å². The number of carbonyl (C=O) groups is 2. The van der Waals surface area contributed by atoms with Crippen molar-refractivity contribution in [3.05, 3.63) is 75.8 Å². The van der Waals surface area contributed by atoms with Crippen LogP contribution >= 0.6 is 0 Å². The molecule has 35 heavy (non-hydrogen) atoms. The van der Waals surface area contributed by atoms with E-state index in [9.17, 15) is 36.6 Å². The van der Waals surface area contributed by atoms with Crippen LogP contribution in [0.5, 0.6) is 0 Å². The number of hydrogen-bond donors (Lipinski definition) is 3. The molecule has 1 unspecified atom stereocenters. The third kappa shape index (κ3) is 4.49. The SMILES string of the molecule is CC1(Cc2c(F)c(F)c(F)c(F)c2F)NC(=O)C(C(=O)Nc2ccc(C3CCCCC3)cc2)=C1O. The maximum Gasteiger partial charge on any atom is 0.264 e. The molecule has 10 heteroatoms. The maximum absolute atomic E-state index is 14.1. The number of rotatable bonds is 5. The average molecular weight is 494 g/mol. The van der Waals surface area contributed by atoms with E-state index in [0.717, 1.165) is 38.2 Å². The Balaban J connectivity index is 1.55. The number of halogens is 5. The van der Waals surface area contributed by atoms with Gasteiger partial charge in [0.15, 0.2) is 23.3 Å². The quantitative estimate of drug-likeness (QED) is 0.228. The first-order valence-corrected chi connectivity index (χ1v) is 11.2. The van der Waals surface area contributed by atoms with Gasteiger partial charge in [0.2, 0.25) is 5.82 Å². The topological polar surface area (TPSA) is 78.4 Å². The Morgan fingerprint density at radius 3 is 2.09 bits per heavy atom. The van der Waals surface area contributed by atoms with Gasteiger partial charge in [-0.1, -0.05) is 31.4 Å². The molecule has 0 aromatic heterocycles. The lowest BCUT2D eigenvalue weighted by Crippen LogP contribution is -2.44. The molecule has 2 aromatic rings. The molecule has 2 amide bonds. The third-order valence-corrected chi connectivity index (χ3v) is 6.68. The van der Waals surface area contributed by atoms with Crippen LogP contribution in [0.1, 0.15) is 56.1 Å². The summed E-state index contributed by atoms with van der Waals surface area (Å²) in [5.74, 6) is -13.2. The van der Waals surface area contributed by atoms with Gasteiger partial charge in [-0.25, -0.2) is 22.0 Å². The van der Waals surface area contributed by atoms with E-state index in [1.165, 1.54) is 6.42 Å². The molecule has 4 rings (SSSR count). The van der Waals surface area contributed by atoms with Gasteiger partial charge in [-0.05, 0) is 43.4 Å². The molecule has 0 radical (unpaired) electrons. The minimum atomic E-state index is -2.32. The molecule has 0 spiro atoms. The van der Waals surface area contributed by atoms with Crippen LogP contribution in [-0.2, 0) is 16.0 Å². The lowest BCUT2D eigenvalue weighted by atomic mass is 9.84. The first-order chi connectivity index (χ1) is 16.5. The Bertz CT molecular complexity index is 1190. The second-order valence-electron chi connectivity index (χ2n) is 9.15. The third-order valence-electron chi connectivity index (χ3n) is 6.68. The van der Waals surface area contributed by atoms with Crippen molar-refractivity contribution in [1.82, 2.24) is 5.32 Å². The van der Waals surface area contributed by atoms with Crippen molar-refractivity contribution in [3.63, 3.8) is 0 Å². The van der Waals surface area contributed by atoms with Crippen molar-refractivity contribution in [2.45, 2.75) is 56.9 Å². The molecule has 2 aromatic carbocycles. The van der Waals surface area contributed by atoms with Crippen LogP contribution in [0.15, 0.2) is 35.6 Å². The average Bonchev–Trinajstić information content (AvgIpc) is 3.08. The lowest BCUT2D eigenvalue weighted by Gasteiger charge is -2.25. The zero-order valence-corrected chi connectivity index (χ0v) is 18.8. The molecular formula is C25H23F5N2O3. The molecule has 3 N–H and O–H groups in total. The normalized spacial score (nSPS) is 20.8. The molecule has 1 heterocycles. The number of amides is 2. The predicted molar refractivity (Wildman–Crippen MR) is 117 cm³/mol. The van der Waals surface area contributed by atoms with E-state index in [2.05, 4.69) is 10.6 Å². The molecular weight excluding hydrogens is 471 g/mol. The summed E-state index contributed by atoms with van der Waals surface area (Å²) < 4.78 is 68.8. The second kappa shape index (κ2) is 9.31. The molecule has 1 atom stereocenters. The van der Waals surface area contributed by atoms with Gasteiger partial charge in [0.05, 0.1) is 5.54 Å². The monoisotopic (exact) mass is 494 g/mol. The number of nitrogens with one attached hydrogen (secondary N) is 2. The predicted octanol–water partition coefficient (Wildman–Crippen LogP) is 5.31. The number of hydrogen-bond acceptors (Lipinski definition) is 3. The van der Waals surface area contributed by atoms with Crippen LogP contribution < -0.4 is 10.6 Å². The Labute approximate surface area is 198 Å². The first-order valence-electron chi connectivity index (χ1n) is 11.2. The second-order valence-corrected chi connectivity index (χ2v) is 9.15. The van der Waals surface area contributed by atoms with Crippen LogP contribution in [0.3, 0.4) is 0 Å². The van der Waals surface area contributed by atoms with Gasteiger partial charge in [-0.3, -0.25) is 9.59 Å². The number of aliphatic hydroxyl groups excluding tert-OH is 1. The highest BCUT2D eigenvalue weighted by Gasteiger charge is 2.46. The van der Waals surface area contributed by atoms with Gasteiger partial charge >= 0.3 is 0 Å². The molecule has 1 fully saturated rings. The summed E-state index contributed by atoms with van der Waals surface area (Å²) in [6.07, 6.45) is 4.74. The molecule has 0 bridgehead atoms. The highest BCUT2D eigenvalue weighted by molar-refractivity contribution is 6.24. The standard InChI is InChI=1S/C25H23F5N2O3/c1-25(11-15-17(26)19(28)21(30)20(29)18(15)27)22(33)16(24(35)32-25)23(34)31-14-9-7-13(8-10-14)12-5-3-2-4-6-12/h7-10,12,33H,2-6,11H2,1H3,(H,31,34)(H,32,35). The summed E-state index contributed by atoms with van der Waals surface area (Å²) in [5.41, 5.74) is -2.43. The van der Waals surface area contributed by atoms with Crippen LogP contribution in [0.2, 0.25) is 0 Å². The van der Waals surface area contributed by atoms with E-state index in [0.29, 0.717) is 11.6 Å². The highest BCUT2D eigenvalue weighted by atomic mass is 19.2. The Morgan fingerprint density at radius 2 is 1.51 bits per heavy atom. The van der Waals surface area contributed by atoms with Gasteiger partial charge in [-0.15, -0.1) is 0 Å².